The highest BCUT2D eigenvalue weighted by atomic mass is 19.1. The second kappa shape index (κ2) is 9.54. The molecule has 0 aliphatic carbocycles. The van der Waals surface area contributed by atoms with Gasteiger partial charge in [0.2, 0.25) is 0 Å². The van der Waals surface area contributed by atoms with Crippen LogP contribution < -0.4 is 9.64 Å². The van der Waals surface area contributed by atoms with Crippen molar-refractivity contribution in [3.8, 4) is 5.75 Å². The Morgan fingerprint density at radius 1 is 1.00 bits per heavy atom. The molecule has 2 fully saturated rings. The second-order valence-corrected chi connectivity index (χ2v) is 9.56. The summed E-state index contributed by atoms with van der Waals surface area (Å²) in [6.07, 6.45) is 0.461. The minimum atomic E-state index is -1.61. The van der Waals surface area contributed by atoms with E-state index in [2.05, 4.69) is 36.1 Å². The maximum Gasteiger partial charge on any atom is 0.137 e. The number of hydrogen-bond acceptors (Lipinski definition) is 6. The van der Waals surface area contributed by atoms with Gasteiger partial charge < -0.3 is 25.0 Å². The van der Waals surface area contributed by atoms with Gasteiger partial charge in [0, 0.05) is 56.6 Å². The summed E-state index contributed by atoms with van der Waals surface area (Å²) in [6.45, 7) is 4.20. The molecular formula is C25H32F2N2O4. The molecule has 33 heavy (non-hydrogen) atoms. The number of benzene rings is 2. The lowest BCUT2D eigenvalue weighted by Gasteiger charge is -2.46. The highest BCUT2D eigenvalue weighted by Crippen LogP contribution is 2.30. The van der Waals surface area contributed by atoms with E-state index in [-0.39, 0.29) is 18.9 Å². The molecule has 0 spiro atoms. The van der Waals surface area contributed by atoms with Crippen LogP contribution in [0.4, 0.5) is 14.5 Å². The van der Waals surface area contributed by atoms with E-state index >= 15 is 0 Å². The van der Waals surface area contributed by atoms with Crippen LogP contribution in [0.1, 0.15) is 24.8 Å². The summed E-state index contributed by atoms with van der Waals surface area (Å²) in [4.78, 5) is 4.19. The third-order valence-corrected chi connectivity index (χ3v) is 6.77. The van der Waals surface area contributed by atoms with Gasteiger partial charge >= 0.3 is 0 Å². The Morgan fingerprint density at radius 2 is 1.64 bits per heavy atom. The van der Waals surface area contributed by atoms with Crippen LogP contribution in [0.5, 0.6) is 5.75 Å². The van der Waals surface area contributed by atoms with Crippen molar-refractivity contribution in [1.29, 1.82) is 0 Å². The van der Waals surface area contributed by atoms with Gasteiger partial charge in [0.25, 0.3) is 0 Å². The Hall–Kier alpha value is -2.26. The molecule has 3 N–H and O–H groups in total. The molecule has 0 saturated carbocycles. The first-order valence-electron chi connectivity index (χ1n) is 11.4. The molecule has 4 rings (SSSR count). The number of aliphatic hydroxyl groups excluding tert-OH is 1. The van der Waals surface area contributed by atoms with Crippen molar-refractivity contribution in [2.24, 2.45) is 0 Å². The van der Waals surface area contributed by atoms with Gasteiger partial charge in [-0.3, -0.25) is 4.90 Å². The number of aliphatic hydroxyl groups is 3. The van der Waals surface area contributed by atoms with E-state index in [0.29, 0.717) is 32.4 Å². The normalized spacial score (nSPS) is 25.8. The Balaban J connectivity index is 1.34. The van der Waals surface area contributed by atoms with Crippen molar-refractivity contribution in [1.82, 2.24) is 4.90 Å². The molecule has 2 aliphatic rings. The number of ether oxygens (including phenoxy) is 1. The SMILES string of the molecule is Cc1ccc(N2CCC(O)(CN3CC[C@H](O)[C@@](O)(COc4cc(F)cc(F)c4)C3)CC2)cc1. The van der Waals surface area contributed by atoms with E-state index in [4.69, 9.17) is 4.74 Å². The highest BCUT2D eigenvalue weighted by Gasteiger charge is 2.44. The third-order valence-electron chi connectivity index (χ3n) is 6.77. The van der Waals surface area contributed by atoms with E-state index in [1.165, 1.54) is 5.56 Å². The van der Waals surface area contributed by atoms with Gasteiger partial charge in [-0.25, -0.2) is 8.78 Å². The summed E-state index contributed by atoms with van der Waals surface area (Å²) < 4.78 is 32.3. The lowest BCUT2D eigenvalue weighted by Crippen LogP contribution is -2.62. The lowest BCUT2D eigenvalue weighted by molar-refractivity contribution is -0.149. The Morgan fingerprint density at radius 3 is 2.27 bits per heavy atom. The van der Waals surface area contributed by atoms with Gasteiger partial charge in [0.1, 0.15) is 29.6 Å². The summed E-state index contributed by atoms with van der Waals surface area (Å²) in [6, 6.07) is 11.1. The number of β-amino-alcohol motifs (C(OH)–C–C–N with tert-alkyl or cyclic N) is 2. The third kappa shape index (κ3) is 5.81. The Labute approximate surface area is 193 Å². The van der Waals surface area contributed by atoms with Crippen LogP contribution in [-0.4, -0.2) is 76.9 Å². The van der Waals surface area contributed by atoms with Crippen LogP contribution in [0, 0.1) is 18.6 Å². The van der Waals surface area contributed by atoms with Crippen LogP contribution >= 0.6 is 0 Å². The van der Waals surface area contributed by atoms with Gasteiger partial charge in [-0.05, 0) is 38.3 Å². The zero-order chi connectivity index (χ0) is 23.6. The Kier molecular flexibility index (Phi) is 6.91. The molecule has 0 radical (unpaired) electrons. The zero-order valence-electron chi connectivity index (χ0n) is 18.9. The highest BCUT2D eigenvalue weighted by molar-refractivity contribution is 5.48. The topological polar surface area (TPSA) is 76.4 Å². The van der Waals surface area contributed by atoms with Crippen LogP contribution in [-0.2, 0) is 0 Å². The lowest BCUT2D eigenvalue weighted by atomic mass is 9.86. The minimum absolute atomic E-state index is 0.0487. The smallest absolute Gasteiger partial charge is 0.137 e. The minimum Gasteiger partial charge on any atom is -0.490 e. The molecule has 0 bridgehead atoms. The van der Waals surface area contributed by atoms with E-state index in [1.807, 2.05) is 4.90 Å². The van der Waals surface area contributed by atoms with Crippen LogP contribution in [0.2, 0.25) is 0 Å². The van der Waals surface area contributed by atoms with E-state index in [0.717, 1.165) is 37.0 Å². The number of anilines is 1. The van der Waals surface area contributed by atoms with Crippen LogP contribution in [0.3, 0.4) is 0 Å². The van der Waals surface area contributed by atoms with E-state index in [1.54, 1.807) is 0 Å². The number of halogens is 2. The molecule has 2 heterocycles. The maximum atomic E-state index is 13.4. The van der Waals surface area contributed by atoms with Crippen molar-refractivity contribution >= 4 is 5.69 Å². The molecule has 8 heteroatoms. The predicted octanol–water partition coefficient (Wildman–Crippen LogP) is 2.48. The van der Waals surface area contributed by atoms with Crippen molar-refractivity contribution < 1.29 is 28.8 Å². The number of piperidine rings is 2. The number of aryl methyl sites for hydroxylation is 1. The average molecular weight is 463 g/mol. The molecule has 180 valence electrons. The maximum absolute atomic E-state index is 13.4. The summed E-state index contributed by atoms with van der Waals surface area (Å²) in [5, 5.41) is 32.7. The van der Waals surface area contributed by atoms with Gasteiger partial charge in [-0.15, -0.1) is 0 Å². The van der Waals surface area contributed by atoms with Crippen molar-refractivity contribution in [2.45, 2.75) is 43.5 Å². The van der Waals surface area contributed by atoms with Crippen molar-refractivity contribution in [2.75, 3.05) is 44.2 Å². The van der Waals surface area contributed by atoms with Gasteiger partial charge in [0.15, 0.2) is 0 Å². The summed E-state index contributed by atoms with van der Waals surface area (Å²) in [5.41, 5.74) is -0.153. The number of nitrogens with zero attached hydrogens (tertiary/aromatic N) is 2. The fourth-order valence-electron chi connectivity index (χ4n) is 4.75. The van der Waals surface area contributed by atoms with Crippen LogP contribution in [0.15, 0.2) is 42.5 Å². The summed E-state index contributed by atoms with van der Waals surface area (Å²) in [5.74, 6) is -1.60. The largest absolute Gasteiger partial charge is 0.490 e. The standard InChI is InChI=1S/C25H32F2N2O4/c1-18-2-4-21(5-3-18)29-10-7-24(31,8-11-29)15-28-9-6-23(30)25(32,16-28)17-33-22-13-19(26)12-20(27)14-22/h2-5,12-14,23,30-32H,6-11,15-17H2,1H3/t23-,25-/m0/s1. The molecule has 2 aromatic carbocycles. The molecule has 2 aromatic rings. The fraction of sp³-hybridized carbons (Fsp3) is 0.520. The molecular weight excluding hydrogens is 430 g/mol. The van der Waals surface area contributed by atoms with Crippen molar-refractivity contribution in [3.63, 3.8) is 0 Å². The molecule has 0 amide bonds. The van der Waals surface area contributed by atoms with Gasteiger partial charge in [-0.2, -0.15) is 0 Å². The quantitative estimate of drug-likeness (QED) is 0.613. The fourth-order valence-corrected chi connectivity index (χ4v) is 4.75. The molecule has 0 aromatic heterocycles. The predicted molar refractivity (Wildman–Crippen MR) is 121 cm³/mol. The summed E-state index contributed by atoms with van der Waals surface area (Å²) >= 11 is 0. The molecule has 6 nitrogen and oxygen atoms in total. The zero-order valence-corrected chi connectivity index (χ0v) is 18.9. The first-order valence-corrected chi connectivity index (χ1v) is 11.4. The van der Waals surface area contributed by atoms with Gasteiger partial charge in [0.05, 0.1) is 11.7 Å². The second-order valence-electron chi connectivity index (χ2n) is 9.56. The van der Waals surface area contributed by atoms with Crippen molar-refractivity contribution in [3.05, 3.63) is 59.7 Å². The van der Waals surface area contributed by atoms with Crippen LogP contribution in [0.25, 0.3) is 0 Å². The van der Waals surface area contributed by atoms with Gasteiger partial charge in [-0.1, -0.05) is 17.7 Å². The summed E-state index contributed by atoms with van der Waals surface area (Å²) in [7, 11) is 0. The molecule has 2 atom stereocenters. The van der Waals surface area contributed by atoms with E-state index in [9.17, 15) is 24.1 Å². The Bertz CT molecular complexity index is 930. The number of rotatable bonds is 6. The first-order chi connectivity index (χ1) is 15.6. The monoisotopic (exact) mass is 462 g/mol. The molecule has 0 unspecified atom stereocenters. The van der Waals surface area contributed by atoms with E-state index < -0.39 is 28.9 Å². The molecule has 2 aliphatic heterocycles. The average Bonchev–Trinajstić information content (AvgIpc) is 2.76. The first kappa shape index (κ1) is 23.9. The number of likely N-dealkylation sites (tertiary alicyclic amines) is 1. The molecule has 2 saturated heterocycles. The number of hydrogen-bond donors (Lipinski definition) is 3.